The van der Waals surface area contributed by atoms with E-state index >= 15 is 0 Å². The second-order valence-corrected chi connectivity index (χ2v) is 5.35. The molecule has 0 aliphatic heterocycles. The highest BCUT2D eigenvalue weighted by atomic mass is 19.1. The molecule has 1 heterocycles. The summed E-state index contributed by atoms with van der Waals surface area (Å²) in [6.45, 7) is 4.89. The van der Waals surface area contributed by atoms with Crippen molar-refractivity contribution in [1.29, 1.82) is 0 Å². The molecule has 20 heavy (non-hydrogen) atoms. The molecule has 0 spiro atoms. The fourth-order valence-electron chi connectivity index (χ4n) is 2.09. The summed E-state index contributed by atoms with van der Waals surface area (Å²) in [7, 11) is 1.68. The fourth-order valence-corrected chi connectivity index (χ4v) is 2.09. The molecule has 0 radical (unpaired) electrons. The van der Waals surface area contributed by atoms with Crippen LogP contribution in [0.2, 0.25) is 0 Å². The van der Waals surface area contributed by atoms with Gasteiger partial charge in [0.05, 0.1) is 5.69 Å². The van der Waals surface area contributed by atoms with Gasteiger partial charge in [0.15, 0.2) is 5.69 Å². The maximum Gasteiger partial charge on any atom is 0.356 e. The van der Waals surface area contributed by atoms with Gasteiger partial charge in [-0.3, -0.25) is 4.68 Å². The lowest BCUT2D eigenvalue weighted by atomic mass is 9.94. The topological polar surface area (TPSA) is 55.1 Å². The summed E-state index contributed by atoms with van der Waals surface area (Å²) in [5.74, 6) is -1.08. The van der Waals surface area contributed by atoms with Gasteiger partial charge in [-0.1, -0.05) is 12.1 Å². The third kappa shape index (κ3) is 2.57. The number of carboxylic acid groups (broad SMARTS) is 1. The second kappa shape index (κ2) is 4.74. The maximum atomic E-state index is 14.1. The molecule has 0 aliphatic carbocycles. The number of alkyl halides is 1. The number of halogens is 1. The SMILES string of the molecule is Cc1ccc(C(C)(C)F)cc1-c1cc(C(=O)O)nn1C. The lowest BCUT2D eigenvalue weighted by Gasteiger charge is -2.17. The van der Waals surface area contributed by atoms with E-state index < -0.39 is 11.6 Å². The van der Waals surface area contributed by atoms with Gasteiger partial charge in [0, 0.05) is 12.6 Å². The van der Waals surface area contributed by atoms with E-state index in [-0.39, 0.29) is 5.69 Å². The molecule has 0 saturated heterocycles. The van der Waals surface area contributed by atoms with Crippen molar-refractivity contribution in [2.24, 2.45) is 7.05 Å². The Morgan fingerprint density at radius 2 is 2.00 bits per heavy atom. The van der Waals surface area contributed by atoms with E-state index in [4.69, 9.17) is 5.11 Å². The molecule has 1 aromatic carbocycles. The lowest BCUT2D eigenvalue weighted by Crippen LogP contribution is -2.09. The van der Waals surface area contributed by atoms with Gasteiger partial charge in [-0.05, 0) is 44.0 Å². The Labute approximate surface area is 116 Å². The van der Waals surface area contributed by atoms with Gasteiger partial charge in [-0.2, -0.15) is 5.10 Å². The van der Waals surface area contributed by atoms with E-state index in [1.807, 2.05) is 13.0 Å². The number of aryl methyl sites for hydroxylation is 2. The Morgan fingerprint density at radius 3 is 2.50 bits per heavy atom. The van der Waals surface area contributed by atoms with E-state index in [1.165, 1.54) is 24.6 Å². The van der Waals surface area contributed by atoms with Crippen LogP contribution in [-0.2, 0) is 12.7 Å². The van der Waals surface area contributed by atoms with Crippen molar-refractivity contribution < 1.29 is 14.3 Å². The molecule has 106 valence electrons. The fraction of sp³-hybridized carbons (Fsp3) is 0.333. The van der Waals surface area contributed by atoms with Gasteiger partial charge in [0.2, 0.25) is 0 Å². The zero-order chi connectivity index (χ0) is 15.1. The van der Waals surface area contributed by atoms with E-state index in [0.717, 1.165) is 11.1 Å². The highest BCUT2D eigenvalue weighted by Crippen LogP contribution is 2.31. The van der Waals surface area contributed by atoms with Crippen molar-refractivity contribution >= 4 is 5.97 Å². The maximum absolute atomic E-state index is 14.1. The molecule has 1 aromatic heterocycles. The van der Waals surface area contributed by atoms with Crippen molar-refractivity contribution in [3.05, 3.63) is 41.1 Å². The van der Waals surface area contributed by atoms with Gasteiger partial charge in [0.25, 0.3) is 0 Å². The molecular formula is C15H17FN2O2. The summed E-state index contributed by atoms with van der Waals surface area (Å²) in [4.78, 5) is 11.0. The molecule has 4 nitrogen and oxygen atoms in total. The highest BCUT2D eigenvalue weighted by molar-refractivity contribution is 5.87. The first-order valence-corrected chi connectivity index (χ1v) is 6.28. The van der Waals surface area contributed by atoms with E-state index in [0.29, 0.717) is 11.3 Å². The zero-order valence-electron chi connectivity index (χ0n) is 11.9. The van der Waals surface area contributed by atoms with Crippen molar-refractivity contribution in [2.45, 2.75) is 26.4 Å². The minimum absolute atomic E-state index is 0.0215. The predicted octanol–water partition coefficient (Wildman–Crippen LogP) is 3.30. The number of rotatable bonds is 3. The zero-order valence-corrected chi connectivity index (χ0v) is 11.9. The summed E-state index contributed by atoms with van der Waals surface area (Å²) < 4.78 is 15.6. The van der Waals surface area contributed by atoms with Crippen LogP contribution in [0.1, 0.15) is 35.5 Å². The van der Waals surface area contributed by atoms with Gasteiger partial charge >= 0.3 is 5.97 Å². The molecule has 2 rings (SSSR count). The van der Waals surface area contributed by atoms with E-state index in [9.17, 15) is 9.18 Å². The van der Waals surface area contributed by atoms with Crippen LogP contribution >= 0.6 is 0 Å². The number of benzene rings is 1. The number of carboxylic acids is 1. The predicted molar refractivity (Wildman–Crippen MR) is 74.5 cm³/mol. The molecule has 0 bridgehead atoms. The van der Waals surface area contributed by atoms with Crippen LogP contribution in [-0.4, -0.2) is 20.9 Å². The van der Waals surface area contributed by atoms with Crippen molar-refractivity contribution in [2.75, 3.05) is 0 Å². The van der Waals surface area contributed by atoms with Gasteiger partial charge in [0.1, 0.15) is 5.67 Å². The van der Waals surface area contributed by atoms with Gasteiger partial charge in [-0.15, -0.1) is 0 Å². The van der Waals surface area contributed by atoms with Crippen molar-refractivity contribution in [3.63, 3.8) is 0 Å². The third-order valence-corrected chi connectivity index (χ3v) is 3.30. The van der Waals surface area contributed by atoms with Crippen LogP contribution in [0, 0.1) is 6.92 Å². The van der Waals surface area contributed by atoms with Crippen molar-refractivity contribution in [1.82, 2.24) is 9.78 Å². The summed E-state index contributed by atoms with van der Waals surface area (Å²) in [5, 5.41) is 12.9. The van der Waals surface area contributed by atoms with Crippen LogP contribution in [0.15, 0.2) is 24.3 Å². The van der Waals surface area contributed by atoms with Crippen LogP contribution in [0.4, 0.5) is 4.39 Å². The Morgan fingerprint density at radius 1 is 1.35 bits per heavy atom. The number of carbonyl (C=O) groups is 1. The Kier molecular flexibility index (Phi) is 3.38. The molecule has 0 unspecified atom stereocenters. The summed E-state index contributed by atoms with van der Waals surface area (Å²) >= 11 is 0. The van der Waals surface area contributed by atoms with Gasteiger partial charge < -0.3 is 5.11 Å². The molecule has 0 amide bonds. The minimum Gasteiger partial charge on any atom is -0.476 e. The standard InChI is InChI=1S/C15H17FN2O2/c1-9-5-6-10(15(2,3)16)7-11(9)13-8-12(14(19)20)17-18(13)4/h5-8H,1-4H3,(H,19,20). The first-order chi connectivity index (χ1) is 9.20. The number of hydrogen-bond donors (Lipinski definition) is 1. The average Bonchev–Trinajstić information content (AvgIpc) is 2.70. The van der Waals surface area contributed by atoms with Crippen LogP contribution in [0.5, 0.6) is 0 Å². The highest BCUT2D eigenvalue weighted by Gasteiger charge is 2.21. The van der Waals surface area contributed by atoms with E-state index in [2.05, 4.69) is 5.10 Å². The molecule has 0 fully saturated rings. The molecule has 1 N–H and O–H groups in total. The monoisotopic (exact) mass is 276 g/mol. The first-order valence-electron chi connectivity index (χ1n) is 6.28. The van der Waals surface area contributed by atoms with Crippen molar-refractivity contribution in [3.8, 4) is 11.3 Å². The normalized spacial score (nSPS) is 11.7. The van der Waals surface area contributed by atoms with E-state index in [1.54, 1.807) is 19.2 Å². The van der Waals surface area contributed by atoms with Crippen LogP contribution in [0.3, 0.4) is 0 Å². The molecule has 0 saturated carbocycles. The Hall–Kier alpha value is -2.17. The molecule has 0 aliphatic rings. The quantitative estimate of drug-likeness (QED) is 0.935. The smallest absolute Gasteiger partial charge is 0.356 e. The first kappa shape index (κ1) is 14.2. The Balaban J connectivity index is 2.60. The molecule has 2 aromatic rings. The minimum atomic E-state index is -1.45. The molecule has 0 atom stereocenters. The number of aromatic carboxylic acids is 1. The van der Waals surface area contributed by atoms with Crippen LogP contribution in [0.25, 0.3) is 11.3 Å². The number of nitrogens with zero attached hydrogens (tertiary/aromatic N) is 2. The number of hydrogen-bond acceptors (Lipinski definition) is 2. The largest absolute Gasteiger partial charge is 0.476 e. The molecular weight excluding hydrogens is 259 g/mol. The summed E-state index contributed by atoms with van der Waals surface area (Å²) in [5.41, 5.74) is 1.47. The summed E-state index contributed by atoms with van der Waals surface area (Å²) in [6.07, 6.45) is 0. The number of aromatic nitrogens is 2. The van der Waals surface area contributed by atoms with Gasteiger partial charge in [-0.25, -0.2) is 9.18 Å². The third-order valence-electron chi connectivity index (χ3n) is 3.30. The second-order valence-electron chi connectivity index (χ2n) is 5.35. The Bertz CT molecular complexity index is 669. The summed E-state index contributed by atoms with van der Waals surface area (Å²) in [6, 6.07) is 6.82. The lowest BCUT2D eigenvalue weighted by molar-refractivity contribution is 0.0689. The molecule has 5 heteroatoms. The average molecular weight is 276 g/mol. The van der Waals surface area contributed by atoms with Crippen LogP contribution < -0.4 is 0 Å².